The van der Waals surface area contributed by atoms with Crippen LogP contribution in [0.1, 0.15) is 43.0 Å². The Hall–Kier alpha value is -2.06. The van der Waals surface area contributed by atoms with Crippen LogP contribution >= 0.6 is 11.6 Å². The van der Waals surface area contributed by atoms with Crippen LogP contribution in [-0.2, 0) is 11.3 Å². The predicted molar refractivity (Wildman–Crippen MR) is 81.8 cm³/mol. The molecule has 0 spiro atoms. The summed E-state index contributed by atoms with van der Waals surface area (Å²) >= 11 is 6.20. The summed E-state index contributed by atoms with van der Waals surface area (Å²) in [6, 6.07) is 7.67. The number of nitrogens with two attached hydrogens (primary N) is 1. The number of carbonyl (C=O) groups is 1. The monoisotopic (exact) mass is 304 g/mol. The van der Waals surface area contributed by atoms with Crippen LogP contribution in [0.4, 0.5) is 0 Å². The molecule has 2 rings (SSSR count). The highest BCUT2D eigenvalue weighted by Crippen LogP contribution is 2.26. The van der Waals surface area contributed by atoms with E-state index in [-0.39, 0.29) is 11.3 Å². The first-order chi connectivity index (χ1) is 10.0. The SMILES string of the molecule is CC(Cl)c1nc2c(C#N)cccc2n1CCCCC(N)=O. The average Bonchev–Trinajstić information content (AvgIpc) is 2.82. The second kappa shape index (κ2) is 6.59. The first kappa shape index (κ1) is 15.3. The van der Waals surface area contributed by atoms with E-state index in [1.165, 1.54) is 0 Å². The fourth-order valence-electron chi connectivity index (χ4n) is 2.36. The van der Waals surface area contributed by atoms with Gasteiger partial charge in [-0.15, -0.1) is 11.6 Å². The Morgan fingerprint density at radius 1 is 1.52 bits per heavy atom. The summed E-state index contributed by atoms with van der Waals surface area (Å²) in [4.78, 5) is 15.3. The third kappa shape index (κ3) is 3.34. The molecule has 0 saturated heterocycles. The molecule has 5 nitrogen and oxygen atoms in total. The second-order valence-corrected chi connectivity index (χ2v) is 5.60. The highest BCUT2D eigenvalue weighted by Gasteiger charge is 2.16. The van der Waals surface area contributed by atoms with Gasteiger partial charge in [0.25, 0.3) is 0 Å². The van der Waals surface area contributed by atoms with E-state index in [4.69, 9.17) is 22.6 Å². The number of alkyl halides is 1. The van der Waals surface area contributed by atoms with Crippen molar-refractivity contribution in [2.45, 2.75) is 38.1 Å². The van der Waals surface area contributed by atoms with Gasteiger partial charge in [-0.1, -0.05) is 6.07 Å². The molecule has 0 aliphatic heterocycles. The number of unbranched alkanes of at least 4 members (excludes halogenated alkanes) is 1. The summed E-state index contributed by atoms with van der Waals surface area (Å²) in [7, 11) is 0. The number of imidazole rings is 1. The molecule has 110 valence electrons. The minimum atomic E-state index is -0.289. The summed E-state index contributed by atoms with van der Waals surface area (Å²) in [6.07, 6.45) is 1.91. The van der Waals surface area contributed by atoms with Gasteiger partial charge in [0.2, 0.25) is 5.91 Å². The third-order valence-electron chi connectivity index (χ3n) is 3.34. The van der Waals surface area contributed by atoms with Crippen molar-refractivity contribution >= 4 is 28.5 Å². The lowest BCUT2D eigenvalue weighted by Crippen LogP contribution is -2.11. The zero-order valence-electron chi connectivity index (χ0n) is 11.8. The van der Waals surface area contributed by atoms with Crippen molar-refractivity contribution in [1.29, 1.82) is 5.26 Å². The summed E-state index contributed by atoms with van der Waals surface area (Å²) in [5.41, 5.74) is 7.26. The van der Waals surface area contributed by atoms with E-state index in [9.17, 15) is 4.79 Å². The number of hydrogen-bond acceptors (Lipinski definition) is 3. The van der Waals surface area contributed by atoms with Crippen LogP contribution in [0, 0.1) is 11.3 Å². The molecule has 1 atom stereocenters. The maximum Gasteiger partial charge on any atom is 0.217 e. The van der Waals surface area contributed by atoms with Crippen LogP contribution < -0.4 is 5.73 Å². The minimum absolute atomic E-state index is 0.250. The molecule has 1 amide bonds. The number of amides is 1. The third-order valence-corrected chi connectivity index (χ3v) is 3.53. The van der Waals surface area contributed by atoms with E-state index in [1.54, 1.807) is 6.07 Å². The number of benzene rings is 1. The Balaban J connectivity index is 2.34. The number of hydrogen-bond donors (Lipinski definition) is 1. The fraction of sp³-hybridized carbons (Fsp3) is 0.400. The largest absolute Gasteiger partial charge is 0.370 e. The van der Waals surface area contributed by atoms with Crippen molar-refractivity contribution < 1.29 is 4.79 Å². The summed E-state index contributed by atoms with van der Waals surface area (Å²) < 4.78 is 2.02. The molecule has 0 aliphatic carbocycles. The molecule has 0 radical (unpaired) electrons. The van der Waals surface area contributed by atoms with Crippen molar-refractivity contribution in [3.63, 3.8) is 0 Å². The number of rotatable bonds is 6. The second-order valence-electron chi connectivity index (χ2n) is 4.95. The van der Waals surface area contributed by atoms with E-state index in [0.717, 1.165) is 24.2 Å². The first-order valence-corrected chi connectivity index (χ1v) is 7.30. The number of aromatic nitrogens is 2. The Labute approximate surface area is 128 Å². The minimum Gasteiger partial charge on any atom is -0.370 e. The number of carbonyl (C=O) groups excluding carboxylic acids is 1. The maximum atomic E-state index is 10.8. The van der Waals surface area contributed by atoms with Gasteiger partial charge >= 0.3 is 0 Å². The van der Waals surface area contributed by atoms with E-state index in [0.29, 0.717) is 24.0 Å². The van der Waals surface area contributed by atoms with Crippen LogP contribution in [-0.4, -0.2) is 15.5 Å². The van der Waals surface area contributed by atoms with Crippen molar-refractivity contribution in [2.75, 3.05) is 0 Å². The molecule has 1 aromatic carbocycles. The van der Waals surface area contributed by atoms with Gasteiger partial charge in [0.05, 0.1) is 16.5 Å². The zero-order chi connectivity index (χ0) is 15.4. The van der Waals surface area contributed by atoms with Crippen molar-refractivity contribution in [3.05, 3.63) is 29.6 Å². The van der Waals surface area contributed by atoms with Gasteiger partial charge in [0.15, 0.2) is 0 Å². The number of nitriles is 1. The number of aryl methyl sites for hydroxylation is 1. The van der Waals surface area contributed by atoms with E-state index < -0.39 is 0 Å². The number of para-hydroxylation sites is 1. The summed E-state index contributed by atoms with van der Waals surface area (Å²) in [5, 5.41) is 8.92. The number of fused-ring (bicyclic) bond motifs is 1. The Bertz CT molecular complexity index is 699. The molecule has 2 aromatic rings. The molecule has 0 saturated carbocycles. The van der Waals surface area contributed by atoms with Gasteiger partial charge in [-0.3, -0.25) is 4.79 Å². The van der Waals surface area contributed by atoms with Crippen molar-refractivity contribution in [1.82, 2.24) is 9.55 Å². The maximum absolute atomic E-state index is 10.8. The Kier molecular flexibility index (Phi) is 4.81. The highest BCUT2D eigenvalue weighted by atomic mass is 35.5. The van der Waals surface area contributed by atoms with Gasteiger partial charge < -0.3 is 10.3 Å². The molecule has 1 heterocycles. The number of primary amides is 1. The van der Waals surface area contributed by atoms with Crippen LogP contribution in [0.25, 0.3) is 11.0 Å². The molecule has 0 fully saturated rings. The van der Waals surface area contributed by atoms with Gasteiger partial charge in [-0.25, -0.2) is 4.98 Å². The van der Waals surface area contributed by atoms with Gasteiger partial charge in [0.1, 0.15) is 17.4 Å². The Morgan fingerprint density at radius 2 is 2.29 bits per heavy atom. The highest BCUT2D eigenvalue weighted by molar-refractivity contribution is 6.20. The van der Waals surface area contributed by atoms with Crippen LogP contribution in [0.2, 0.25) is 0 Å². The smallest absolute Gasteiger partial charge is 0.217 e. The van der Waals surface area contributed by atoms with E-state index in [2.05, 4.69) is 11.1 Å². The standard InChI is InChI=1S/C15H17ClN4O/c1-10(16)15-19-14-11(9-17)5-4-6-12(14)20(15)8-3-2-7-13(18)21/h4-6,10H,2-3,7-8H2,1H3,(H2,18,21). The molecule has 1 unspecified atom stereocenters. The number of halogens is 1. The van der Waals surface area contributed by atoms with Crippen molar-refractivity contribution in [3.8, 4) is 6.07 Å². The number of nitrogens with zero attached hydrogens (tertiary/aromatic N) is 3. The molecule has 6 heteroatoms. The van der Waals surface area contributed by atoms with Crippen molar-refractivity contribution in [2.24, 2.45) is 5.73 Å². The topological polar surface area (TPSA) is 84.7 Å². The normalized spacial score (nSPS) is 12.2. The Morgan fingerprint density at radius 3 is 2.90 bits per heavy atom. The van der Waals surface area contributed by atoms with Crippen LogP contribution in [0.3, 0.4) is 0 Å². The quantitative estimate of drug-likeness (QED) is 0.657. The molecule has 0 aliphatic rings. The fourth-order valence-corrected chi connectivity index (χ4v) is 2.53. The lowest BCUT2D eigenvalue weighted by molar-refractivity contribution is -0.118. The molecule has 2 N–H and O–H groups in total. The lowest BCUT2D eigenvalue weighted by Gasteiger charge is -2.10. The molecule has 0 bridgehead atoms. The lowest BCUT2D eigenvalue weighted by atomic mass is 10.2. The first-order valence-electron chi connectivity index (χ1n) is 6.86. The summed E-state index contributed by atoms with van der Waals surface area (Å²) in [6.45, 7) is 2.56. The van der Waals surface area contributed by atoms with Gasteiger partial charge in [0, 0.05) is 13.0 Å². The van der Waals surface area contributed by atoms with Crippen LogP contribution in [0.5, 0.6) is 0 Å². The predicted octanol–water partition coefficient (Wildman–Crippen LogP) is 2.86. The molecule has 21 heavy (non-hydrogen) atoms. The van der Waals surface area contributed by atoms with Crippen LogP contribution in [0.15, 0.2) is 18.2 Å². The molecule has 1 aromatic heterocycles. The van der Waals surface area contributed by atoms with Gasteiger partial charge in [-0.2, -0.15) is 5.26 Å². The molecular weight excluding hydrogens is 288 g/mol. The molecular formula is C15H17ClN4O. The van der Waals surface area contributed by atoms with E-state index in [1.807, 2.05) is 23.6 Å². The zero-order valence-corrected chi connectivity index (χ0v) is 12.6. The average molecular weight is 305 g/mol. The summed E-state index contributed by atoms with van der Waals surface area (Å²) in [5.74, 6) is 0.455. The van der Waals surface area contributed by atoms with E-state index >= 15 is 0 Å². The van der Waals surface area contributed by atoms with Gasteiger partial charge in [-0.05, 0) is 31.9 Å².